The zero-order valence-electron chi connectivity index (χ0n) is 14.6. The number of amides is 1. The second-order valence-corrected chi connectivity index (χ2v) is 8.53. The van der Waals surface area contributed by atoms with Gasteiger partial charge in [-0.05, 0) is 62.1 Å². The average molecular weight is 373 g/mol. The lowest BCUT2D eigenvalue weighted by atomic mass is 9.95. The molecule has 1 unspecified atom stereocenters. The number of carbonyl (C=O) groups is 1. The molecule has 1 saturated carbocycles. The Bertz CT molecular complexity index is 878. The quantitative estimate of drug-likeness (QED) is 0.693. The first-order valence-corrected chi connectivity index (χ1v) is 10.0. The zero-order valence-corrected chi connectivity index (χ0v) is 15.4. The normalized spacial score (nSPS) is 16.5. The summed E-state index contributed by atoms with van der Waals surface area (Å²) in [4.78, 5) is 12.6. The number of para-hydroxylation sites is 1. The van der Waals surface area contributed by atoms with Crippen molar-refractivity contribution in [1.82, 2.24) is 5.32 Å². The summed E-state index contributed by atoms with van der Waals surface area (Å²) in [7, 11) is -3.70. The van der Waals surface area contributed by atoms with Crippen molar-refractivity contribution in [3.63, 3.8) is 0 Å². The molecule has 2 aromatic rings. The van der Waals surface area contributed by atoms with E-state index in [0.29, 0.717) is 23.7 Å². The van der Waals surface area contributed by atoms with Gasteiger partial charge in [0.05, 0.1) is 10.4 Å². The van der Waals surface area contributed by atoms with E-state index in [0.717, 1.165) is 12.8 Å². The van der Waals surface area contributed by atoms with E-state index in [-0.39, 0.29) is 10.8 Å². The molecule has 0 aromatic heterocycles. The molecule has 26 heavy (non-hydrogen) atoms. The van der Waals surface area contributed by atoms with Crippen LogP contribution in [-0.4, -0.2) is 26.4 Å². The molecule has 6 nitrogen and oxygen atoms in total. The van der Waals surface area contributed by atoms with Gasteiger partial charge in [0.1, 0.15) is 0 Å². The summed E-state index contributed by atoms with van der Waals surface area (Å²) in [5.74, 6) is 0.163. The highest BCUT2D eigenvalue weighted by molar-refractivity contribution is 7.92. The monoisotopic (exact) mass is 373 g/mol. The number of hydrogen-bond acceptors (Lipinski definition) is 4. The molecule has 0 heterocycles. The summed E-state index contributed by atoms with van der Waals surface area (Å²) in [6.07, 6.45) is 2.13. The summed E-state index contributed by atoms with van der Waals surface area (Å²) < 4.78 is 27.4. The molecule has 4 N–H and O–H groups in total. The van der Waals surface area contributed by atoms with Crippen molar-refractivity contribution in [1.29, 1.82) is 0 Å². The number of nitrogens with one attached hydrogen (secondary N) is 2. The van der Waals surface area contributed by atoms with Crippen LogP contribution in [0.5, 0.6) is 0 Å². The maximum atomic E-state index is 12.5. The van der Waals surface area contributed by atoms with Gasteiger partial charge in [-0.15, -0.1) is 0 Å². The van der Waals surface area contributed by atoms with Crippen LogP contribution in [0.25, 0.3) is 0 Å². The smallest absolute Gasteiger partial charge is 0.261 e. The van der Waals surface area contributed by atoms with E-state index in [2.05, 4.69) is 10.0 Å². The number of anilines is 1. The largest absolute Gasteiger partial charge is 0.345 e. The van der Waals surface area contributed by atoms with Crippen molar-refractivity contribution < 1.29 is 13.2 Å². The number of rotatable bonds is 7. The molecule has 138 valence electrons. The van der Waals surface area contributed by atoms with Crippen LogP contribution >= 0.6 is 0 Å². The van der Waals surface area contributed by atoms with Crippen LogP contribution in [0.2, 0.25) is 0 Å². The first-order chi connectivity index (χ1) is 12.3. The molecule has 0 saturated heterocycles. The van der Waals surface area contributed by atoms with E-state index < -0.39 is 15.6 Å². The van der Waals surface area contributed by atoms with Crippen LogP contribution in [-0.2, 0) is 10.0 Å². The molecule has 0 spiro atoms. The van der Waals surface area contributed by atoms with E-state index in [9.17, 15) is 13.2 Å². The van der Waals surface area contributed by atoms with E-state index in [4.69, 9.17) is 5.73 Å². The van der Waals surface area contributed by atoms with E-state index in [1.54, 1.807) is 24.3 Å². The van der Waals surface area contributed by atoms with Gasteiger partial charge in [0.2, 0.25) is 0 Å². The van der Waals surface area contributed by atoms with Gasteiger partial charge >= 0.3 is 0 Å². The highest BCUT2D eigenvalue weighted by Crippen LogP contribution is 2.39. The molecule has 2 aromatic carbocycles. The van der Waals surface area contributed by atoms with Gasteiger partial charge in [-0.3, -0.25) is 9.52 Å². The number of sulfonamides is 1. The molecule has 1 atom stereocenters. The highest BCUT2D eigenvalue weighted by Gasteiger charge is 2.41. The Hall–Kier alpha value is -2.38. The van der Waals surface area contributed by atoms with E-state index in [1.165, 1.54) is 24.3 Å². The third kappa shape index (κ3) is 4.05. The molecular formula is C19H23N3O3S. The number of carbonyl (C=O) groups excluding carboxylic acids is 1. The van der Waals surface area contributed by atoms with Gasteiger partial charge in [-0.2, -0.15) is 0 Å². The fourth-order valence-corrected chi connectivity index (χ4v) is 3.94. The van der Waals surface area contributed by atoms with Crippen LogP contribution in [0.1, 0.15) is 30.1 Å². The van der Waals surface area contributed by atoms with Crippen LogP contribution in [0.15, 0.2) is 59.5 Å². The molecule has 0 bridgehead atoms. The first-order valence-electron chi connectivity index (χ1n) is 8.54. The Kier molecular flexibility index (Phi) is 5.02. The minimum atomic E-state index is -3.70. The van der Waals surface area contributed by atoms with Gasteiger partial charge < -0.3 is 11.1 Å². The Labute approximate surface area is 153 Å². The molecule has 0 aliphatic heterocycles. The van der Waals surface area contributed by atoms with Gasteiger partial charge in [-0.1, -0.05) is 18.2 Å². The number of hydrogen-bond donors (Lipinski definition) is 3. The maximum Gasteiger partial charge on any atom is 0.261 e. The Morgan fingerprint density at radius 3 is 2.27 bits per heavy atom. The number of nitrogens with two attached hydrogens (primary N) is 1. The van der Waals surface area contributed by atoms with Gasteiger partial charge in [0.15, 0.2) is 0 Å². The second kappa shape index (κ2) is 7.09. The summed E-state index contributed by atoms with van der Waals surface area (Å²) in [5.41, 5.74) is 6.30. The van der Waals surface area contributed by atoms with Crippen LogP contribution < -0.4 is 15.8 Å². The molecule has 1 aliphatic carbocycles. The zero-order chi connectivity index (χ0) is 18.8. The summed E-state index contributed by atoms with van der Waals surface area (Å²) in [6, 6.07) is 14.5. The van der Waals surface area contributed by atoms with Crippen molar-refractivity contribution in [3.05, 3.63) is 60.2 Å². The SMILES string of the molecule is CC(CN)(NC(=O)c1ccc(S(=O)(=O)Nc2ccccc2)cc1)C1CC1. The van der Waals surface area contributed by atoms with E-state index >= 15 is 0 Å². The predicted molar refractivity (Wildman–Crippen MR) is 101 cm³/mol. The van der Waals surface area contributed by atoms with Crippen molar-refractivity contribution in [3.8, 4) is 0 Å². The maximum absolute atomic E-state index is 12.5. The summed E-state index contributed by atoms with van der Waals surface area (Å²) in [6.45, 7) is 2.32. The van der Waals surface area contributed by atoms with Gasteiger partial charge in [0.25, 0.3) is 15.9 Å². The van der Waals surface area contributed by atoms with Gasteiger partial charge in [0, 0.05) is 17.8 Å². The topological polar surface area (TPSA) is 101 Å². The Morgan fingerprint density at radius 2 is 1.73 bits per heavy atom. The predicted octanol–water partition coefficient (Wildman–Crippen LogP) is 2.34. The van der Waals surface area contributed by atoms with E-state index in [1.807, 2.05) is 13.0 Å². The molecular weight excluding hydrogens is 350 g/mol. The lowest BCUT2D eigenvalue weighted by molar-refractivity contribution is 0.0897. The lowest BCUT2D eigenvalue weighted by Crippen LogP contribution is -2.53. The third-order valence-corrected chi connectivity index (χ3v) is 6.15. The minimum absolute atomic E-state index is 0.0988. The lowest BCUT2D eigenvalue weighted by Gasteiger charge is -2.29. The molecule has 1 fully saturated rings. The Balaban J connectivity index is 1.72. The van der Waals surface area contributed by atoms with Crippen molar-refractivity contribution >= 4 is 21.6 Å². The molecule has 7 heteroatoms. The molecule has 3 rings (SSSR count). The molecule has 1 aliphatic rings. The third-order valence-electron chi connectivity index (χ3n) is 4.75. The Morgan fingerprint density at radius 1 is 1.12 bits per heavy atom. The second-order valence-electron chi connectivity index (χ2n) is 6.85. The standard InChI is InChI=1S/C19H23N3O3S/c1-19(13-20,15-9-10-15)21-18(23)14-7-11-17(12-8-14)26(24,25)22-16-5-3-2-4-6-16/h2-8,11-12,15,22H,9-10,13,20H2,1H3,(H,21,23). The molecule has 1 amide bonds. The average Bonchev–Trinajstić information content (AvgIpc) is 3.48. The van der Waals surface area contributed by atoms with Crippen molar-refractivity contribution in [2.45, 2.75) is 30.2 Å². The number of benzene rings is 2. The van der Waals surface area contributed by atoms with Crippen molar-refractivity contribution in [2.24, 2.45) is 11.7 Å². The molecule has 0 radical (unpaired) electrons. The van der Waals surface area contributed by atoms with Crippen molar-refractivity contribution in [2.75, 3.05) is 11.3 Å². The van der Waals surface area contributed by atoms with Gasteiger partial charge in [-0.25, -0.2) is 8.42 Å². The van der Waals surface area contributed by atoms with Crippen LogP contribution in [0, 0.1) is 5.92 Å². The van der Waals surface area contributed by atoms with Crippen LogP contribution in [0.3, 0.4) is 0 Å². The fourth-order valence-electron chi connectivity index (χ4n) is 2.88. The summed E-state index contributed by atoms with van der Waals surface area (Å²) >= 11 is 0. The summed E-state index contributed by atoms with van der Waals surface area (Å²) in [5, 5.41) is 2.99. The van der Waals surface area contributed by atoms with Crippen LogP contribution in [0.4, 0.5) is 5.69 Å². The fraction of sp³-hybridized carbons (Fsp3) is 0.316. The highest BCUT2D eigenvalue weighted by atomic mass is 32.2. The minimum Gasteiger partial charge on any atom is -0.345 e. The first kappa shape index (κ1) is 18.4.